The minimum absolute atomic E-state index is 0.00467. The number of halogens is 2. The summed E-state index contributed by atoms with van der Waals surface area (Å²) in [4.78, 5) is 12.2. The van der Waals surface area contributed by atoms with E-state index in [0.29, 0.717) is 0 Å². The molecule has 0 spiro atoms. The van der Waals surface area contributed by atoms with Crippen LogP contribution in [0.4, 0.5) is 15.8 Å². The highest BCUT2D eigenvalue weighted by atomic mass is 35.5. The van der Waals surface area contributed by atoms with Crippen molar-refractivity contribution in [3.63, 3.8) is 0 Å². The van der Waals surface area contributed by atoms with Crippen LogP contribution in [0.5, 0.6) is 0 Å². The minimum atomic E-state index is -3.48. The van der Waals surface area contributed by atoms with Crippen molar-refractivity contribution in [3.8, 4) is 0 Å². The first kappa shape index (κ1) is 16.3. The predicted octanol–water partition coefficient (Wildman–Crippen LogP) is 3.10. The van der Waals surface area contributed by atoms with E-state index in [1.54, 1.807) is 6.07 Å². The van der Waals surface area contributed by atoms with E-state index < -0.39 is 21.7 Å². The van der Waals surface area contributed by atoms with Crippen LogP contribution in [-0.2, 0) is 10.0 Å². The molecule has 0 aliphatic heterocycles. The van der Waals surface area contributed by atoms with Crippen LogP contribution in [0.1, 0.15) is 10.4 Å². The monoisotopic (exact) mass is 342 g/mol. The molecular formula is C14H12ClFN2O3S. The van der Waals surface area contributed by atoms with E-state index in [0.717, 1.165) is 6.26 Å². The van der Waals surface area contributed by atoms with Crippen molar-refractivity contribution in [2.45, 2.75) is 0 Å². The lowest BCUT2D eigenvalue weighted by Gasteiger charge is -2.10. The van der Waals surface area contributed by atoms with Crippen molar-refractivity contribution in [2.24, 2.45) is 0 Å². The van der Waals surface area contributed by atoms with Crippen molar-refractivity contribution in [1.82, 2.24) is 0 Å². The molecule has 1 amide bonds. The lowest BCUT2D eigenvalue weighted by molar-refractivity contribution is 0.102. The molecule has 0 radical (unpaired) electrons. The maximum absolute atomic E-state index is 13.5. The molecule has 2 N–H and O–H groups in total. The van der Waals surface area contributed by atoms with Gasteiger partial charge in [-0.25, -0.2) is 12.8 Å². The summed E-state index contributed by atoms with van der Waals surface area (Å²) in [7, 11) is -3.48. The summed E-state index contributed by atoms with van der Waals surface area (Å²) >= 11 is 5.94. The number of anilines is 2. The summed E-state index contributed by atoms with van der Waals surface area (Å²) in [6, 6.07) is 9.75. The highest BCUT2D eigenvalue weighted by Gasteiger charge is 2.14. The Morgan fingerprint density at radius 3 is 2.50 bits per heavy atom. The zero-order valence-corrected chi connectivity index (χ0v) is 13.0. The Balaban J connectivity index is 2.29. The SMILES string of the molecule is CS(=O)(=O)Nc1ccc(Cl)c(C(=O)Nc2ccccc2F)c1. The Labute approximate surface area is 132 Å². The number of amides is 1. The molecule has 0 aliphatic carbocycles. The van der Waals surface area contributed by atoms with Gasteiger partial charge in [0.1, 0.15) is 5.82 Å². The van der Waals surface area contributed by atoms with Gasteiger partial charge in [0, 0.05) is 5.69 Å². The molecule has 0 atom stereocenters. The van der Waals surface area contributed by atoms with Gasteiger partial charge in [-0.05, 0) is 30.3 Å². The Hall–Kier alpha value is -2.12. The van der Waals surface area contributed by atoms with Crippen LogP contribution in [0.3, 0.4) is 0 Å². The summed E-state index contributed by atoms with van der Waals surface area (Å²) in [5.41, 5.74) is 0.217. The maximum Gasteiger partial charge on any atom is 0.257 e. The second kappa shape index (κ2) is 6.33. The van der Waals surface area contributed by atoms with Crippen molar-refractivity contribution < 1.29 is 17.6 Å². The van der Waals surface area contributed by atoms with Gasteiger partial charge in [0.15, 0.2) is 0 Å². The summed E-state index contributed by atoms with van der Waals surface area (Å²) < 4.78 is 38.2. The highest BCUT2D eigenvalue weighted by molar-refractivity contribution is 7.92. The normalized spacial score (nSPS) is 11.0. The second-order valence-corrected chi connectivity index (χ2v) is 6.66. The Morgan fingerprint density at radius 2 is 1.86 bits per heavy atom. The van der Waals surface area contributed by atoms with Gasteiger partial charge >= 0.3 is 0 Å². The van der Waals surface area contributed by atoms with Gasteiger partial charge in [-0.3, -0.25) is 9.52 Å². The number of hydrogen-bond donors (Lipinski definition) is 2. The highest BCUT2D eigenvalue weighted by Crippen LogP contribution is 2.23. The van der Waals surface area contributed by atoms with E-state index >= 15 is 0 Å². The lowest BCUT2D eigenvalue weighted by atomic mass is 10.2. The predicted molar refractivity (Wildman–Crippen MR) is 84.3 cm³/mol. The fourth-order valence-electron chi connectivity index (χ4n) is 1.73. The van der Waals surface area contributed by atoms with Crippen LogP contribution in [0.25, 0.3) is 0 Å². The average Bonchev–Trinajstić information content (AvgIpc) is 2.42. The van der Waals surface area contributed by atoms with Crippen LogP contribution in [0.15, 0.2) is 42.5 Å². The molecule has 116 valence electrons. The third-order valence-corrected chi connectivity index (χ3v) is 3.57. The molecule has 0 saturated carbocycles. The van der Waals surface area contributed by atoms with E-state index in [2.05, 4.69) is 10.0 Å². The van der Waals surface area contributed by atoms with Gasteiger partial charge in [-0.1, -0.05) is 23.7 Å². The standard InChI is InChI=1S/C14H12ClFN2O3S/c1-22(20,21)18-9-6-7-11(15)10(8-9)14(19)17-13-5-3-2-4-12(13)16/h2-8,18H,1H3,(H,17,19). The Kier molecular flexibility index (Phi) is 4.68. The molecule has 2 aromatic rings. The second-order valence-electron chi connectivity index (χ2n) is 4.50. The first-order valence-electron chi connectivity index (χ1n) is 6.09. The lowest BCUT2D eigenvalue weighted by Crippen LogP contribution is -2.15. The van der Waals surface area contributed by atoms with Crippen LogP contribution in [0, 0.1) is 5.82 Å². The van der Waals surface area contributed by atoms with Gasteiger partial charge in [0.05, 0.1) is 22.5 Å². The van der Waals surface area contributed by atoms with Crippen LogP contribution in [-0.4, -0.2) is 20.6 Å². The summed E-state index contributed by atoms with van der Waals surface area (Å²) in [5.74, 6) is -1.23. The van der Waals surface area contributed by atoms with Gasteiger partial charge in [-0.15, -0.1) is 0 Å². The van der Waals surface area contributed by atoms with Gasteiger partial charge in [0.2, 0.25) is 10.0 Å². The molecule has 8 heteroatoms. The zero-order valence-electron chi connectivity index (χ0n) is 11.4. The molecule has 0 unspecified atom stereocenters. The van der Waals surface area contributed by atoms with E-state index in [9.17, 15) is 17.6 Å². The number of para-hydroxylation sites is 1. The molecule has 0 aliphatic rings. The first-order valence-corrected chi connectivity index (χ1v) is 8.36. The molecule has 0 bridgehead atoms. The molecule has 0 heterocycles. The number of hydrogen-bond acceptors (Lipinski definition) is 3. The van der Waals surface area contributed by atoms with E-state index in [4.69, 9.17) is 11.6 Å². The fourth-order valence-corrected chi connectivity index (χ4v) is 2.49. The van der Waals surface area contributed by atoms with E-state index in [-0.39, 0.29) is 22.0 Å². The quantitative estimate of drug-likeness (QED) is 0.896. The number of carbonyl (C=O) groups is 1. The molecule has 0 fully saturated rings. The van der Waals surface area contributed by atoms with E-state index in [1.165, 1.54) is 36.4 Å². The average molecular weight is 343 g/mol. The number of nitrogens with one attached hydrogen (secondary N) is 2. The molecule has 0 aromatic heterocycles. The van der Waals surface area contributed by atoms with Gasteiger partial charge < -0.3 is 5.32 Å². The molecule has 22 heavy (non-hydrogen) atoms. The maximum atomic E-state index is 13.5. The largest absolute Gasteiger partial charge is 0.319 e. The number of carbonyl (C=O) groups excluding carboxylic acids is 1. The summed E-state index contributed by atoms with van der Waals surface area (Å²) in [6.45, 7) is 0. The van der Waals surface area contributed by atoms with Crippen LogP contribution >= 0.6 is 11.6 Å². The number of sulfonamides is 1. The molecule has 2 aromatic carbocycles. The zero-order chi connectivity index (χ0) is 16.3. The molecule has 5 nitrogen and oxygen atoms in total. The fraction of sp³-hybridized carbons (Fsp3) is 0.0714. The summed E-state index contributed by atoms with van der Waals surface area (Å²) in [6.07, 6.45) is 0.987. The third-order valence-electron chi connectivity index (χ3n) is 2.64. The van der Waals surface area contributed by atoms with Crippen molar-refractivity contribution in [2.75, 3.05) is 16.3 Å². The Morgan fingerprint density at radius 1 is 1.18 bits per heavy atom. The van der Waals surface area contributed by atoms with Crippen molar-refractivity contribution in [1.29, 1.82) is 0 Å². The molecule has 0 saturated heterocycles. The smallest absolute Gasteiger partial charge is 0.257 e. The third kappa shape index (κ3) is 4.19. The molecule has 2 rings (SSSR count). The first-order chi connectivity index (χ1) is 10.3. The summed E-state index contributed by atoms with van der Waals surface area (Å²) in [5, 5.41) is 2.50. The van der Waals surface area contributed by atoms with E-state index in [1.807, 2.05) is 0 Å². The van der Waals surface area contributed by atoms with Crippen molar-refractivity contribution >= 4 is 38.9 Å². The molecular weight excluding hydrogens is 331 g/mol. The van der Waals surface area contributed by atoms with Crippen LogP contribution in [0.2, 0.25) is 5.02 Å². The van der Waals surface area contributed by atoms with Crippen molar-refractivity contribution in [3.05, 3.63) is 58.9 Å². The minimum Gasteiger partial charge on any atom is -0.319 e. The number of benzene rings is 2. The number of rotatable bonds is 4. The van der Waals surface area contributed by atoms with Gasteiger partial charge in [0.25, 0.3) is 5.91 Å². The van der Waals surface area contributed by atoms with Gasteiger partial charge in [-0.2, -0.15) is 0 Å². The van der Waals surface area contributed by atoms with Crippen LogP contribution < -0.4 is 10.0 Å². The topological polar surface area (TPSA) is 75.3 Å². The Bertz CT molecular complexity index is 825.